The van der Waals surface area contributed by atoms with E-state index in [1.165, 1.54) is 73.8 Å². The van der Waals surface area contributed by atoms with E-state index in [9.17, 15) is 65.4 Å². The zero-order chi connectivity index (χ0) is 57.5. The monoisotopic (exact) mass is 1190 g/mol. The number of nitrogens with zero attached hydrogens (tertiary/aromatic N) is 6. The van der Waals surface area contributed by atoms with Crippen LogP contribution >= 0.6 is 0 Å². The van der Waals surface area contributed by atoms with E-state index in [2.05, 4.69) is 36.0 Å². The van der Waals surface area contributed by atoms with Crippen molar-refractivity contribution in [1.82, 2.24) is 0 Å². The van der Waals surface area contributed by atoms with Crippen LogP contribution in [0.2, 0.25) is 0 Å². The Labute approximate surface area is 454 Å². The van der Waals surface area contributed by atoms with E-state index in [1.54, 1.807) is 30.3 Å². The largest absolute Gasteiger partial charge is 0.505 e. The first-order valence-electron chi connectivity index (χ1n) is 22.8. The van der Waals surface area contributed by atoms with Crippen molar-refractivity contribution in [3.63, 3.8) is 0 Å². The van der Waals surface area contributed by atoms with Crippen LogP contribution in [0.5, 0.6) is 17.2 Å². The molecule has 80 heavy (non-hydrogen) atoms. The van der Waals surface area contributed by atoms with Crippen LogP contribution in [-0.2, 0) is 50.6 Å². The van der Waals surface area contributed by atoms with Gasteiger partial charge in [0.15, 0.2) is 5.75 Å². The number of phenolic OH excluding ortho intramolecular Hbond substituents is 1. The smallest absolute Gasteiger partial charge is 0.296 e. The number of hydrogen-bond donors (Lipinski definition) is 7. The van der Waals surface area contributed by atoms with Gasteiger partial charge in [-0.1, -0.05) is 18.2 Å². The van der Waals surface area contributed by atoms with E-state index in [4.69, 9.17) is 14.0 Å². The molecule has 0 amide bonds. The Morgan fingerprint density at radius 3 is 1.51 bits per heavy atom. The van der Waals surface area contributed by atoms with Gasteiger partial charge in [0, 0.05) is 49.8 Å². The Morgan fingerprint density at radius 2 is 0.975 bits per heavy atom. The van der Waals surface area contributed by atoms with E-state index in [0.29, 0.717) is 17.1 Å². The summed E-state index contributed by atoms with van der Waals surface area (Å²) in [5.74, 6) is -0.818. The molecular weight excluding hydrogens is 1150 g/mol. The molecule has 0 unspecified atom stereocenters. The van der Waals surface area contributed by atoms with E-state index in [0.717, 1.165) is 42.5 Å². The highest BCUT2D eigenvalue weighted by atomic mass is 32.2. The van der Waals surface area contributed by atoms with Crippen molar-refractivity contribution in [2.24, 2.45) is 30.7 Å². The molecule has 9 rings (SSSR count). The second-order valence-electron chi connectivity index (χ2n) is 17.3. The van der Waals surface area contributed by atoms with Crippen LogP contribution in [0.25, 0.3) is 43.1 Å². The van der Waals surface area contributed by atoms with Crippen LogP contribution in [0.15, 0.2) is 190 Å². The lowest BCUT2D eigenvalue weighted by molar-refractivity contribution is 0.319. The molecule has 0 atom stereocenters. The van der Waals surface area contributed by atoms with Crippen LogP contribution in [0.1, 0.15) is 6.42 Å². The summed E-state index contributed by atoms with van der Waals surface area (Å²) >= 11 is 0. The van der Waals surface area contributed by atoms with E-state index in [1.807, 2.05) is 0 Å². The number of azo groups is 3. The van der Waals surface area contributed by atoms with Gasteiger partial charge in [0.05, 0.1) is 62.6 Å². The molecule has 0 radical (unpaired) electrons. The molecule has 0 saturated carbocycles. The maximum Gasteiger partial charge on any atom is 0.296 e. The Balaban J connectivity index is 1.08. The molecule has 9 aromatic rings. The first-order chi connectivity index (χ1) is 37.6. The highest BCUT2D eigenvalue weighted by molar-refractivity contribution is 7.86. The molecule has 0 fully saturated rings. The van der Waals surface area contributed by atoms with Gasteiger partial charge in [-0.2, -0.15) is 47.2 Å². The molecule has 0 aliphatic carbocycles. The van der Waals surface area contributed by atoms with Gasteiger partial charge in [-0.05, 0) is 132 Å². The fraction of sp³-hybridized carbons (Fsp3) is 0.0800. The van der Waals surface area contributed by atoms with E-state index < -0.39 is 87.4 Å². The Kier molecular flexibility index (Phi) is 15.2. The van der Waals surface area contributed by atoms with Crippen molar-refractivity contribution in [2.75, 3.05) is 24.8 Å². The van der Waals surface area contributed by atoms with Crippen molar-refractivity contribution in [3.05, 3.63) is 140 Å². The van der Waals surface area contributed by atoms with E-state index >= 15 is 0 Å². The Bertz CT molecular complexity index is 4720. The van der Waals surface area contributed by atoms with Gasteiger partial charge < -0.3 is 19.9 Å². The van der Waals surface area contributed by atoms with Crippen LogP contribution in [-0.4, -0.2) is 89.4 Å². The molecule has 0 heterocycles. The van der Waals surface area contributed by atoms with Crippen molar-refractivity contribution in [2.45, 2.75) is 26.0 Å². The Morgan fingerprint density at radius 1 is 0.450 bits per heavy atom. The first kappa shape index (κ1) is 56.3. The predicted molar refractivity (Wildman–Crippen MR) is 292 cm³/mol. The molecule has 412 valence electrons. The van der Waals surface area contributed by atoms with Gasteiger partial charge in [0.25, 0.3) is 50.6 Å². The topological polar surface area (TPSA) is 397 Å². The number of phenols is 1. The number of rotatable bonds is 18. The summed E-state index contributed by atoms with van der Waals surface area (Å²) < 4.78 is 182. The Hall–Kier alpha value is -8.43. The molecule has 7 N–H and O–H groups in total. The molecule has 0 bridgehead atoms. The lowest BCUT2D eigenvalue weighted by Crippen LogP contribution is -2.09. The fourth-order valence-electron chi connectivity index (χ4n) is 8.19. The van der Waals surface area contributed by atoms with Crippen LogP contribution < -0.4 is 14.8 Å². The van der Waals surface area contributed by atoms with Gasteiger partial charge >= 0.3 is 0 Å². The minimum Gasteiger partial charge on any atom is -0.505 e. The number of ether oxygens (including phenoxy) is 2. The van der Waals surface area contributed by atoms with Crippen LogP contribution in [0.4, 0.5) is 45.5 Å². The molecule has 9 aromatic carbocycles. The summed E-state index contributed by atoms with van der Waals surface area (Å²) in [6, 6.07) is 31.3. The highest BCUT2D eigenvalue weighted by Crippen LogP contribution is 2.45. The lowest BCUT2D eigenvalue weighted by Gasteiger charge is -2.12. The number of nitrogens with one attached hydrogen (secondary N) is 1. The third kappa shape index (κ3) is 12.7. The van der Waals surface area contributed by atoms with Crippen LogP contribution in [0, 0.1) is 0 Å². The molecule has 25 nitrogen and oxygen atoms in total. The molecule has 0 aliphatic rings. The summed E-state index contributed by atoms with van der Waals surface area (Å²) in [5, 5.41) is 41.3. The van der Waals surface area contributed by atoms with Crippen molar-refractivity contribution < 1.29 is 79.4 Å². The molecule has 0 aliphatic heterocycles. The van der Waals surface area contributed by atoms with Gasteiger partial charge in [0.1, 0.15) is 22.1 Å². The quantitative estimate of drug-likeness (QED) is 0.0238. The van der Waals surface area contributed by atoms with Crippen molar-refractivity contribution in [3.8, 4) is 17.2 Å². The number of fused-ring (bicyclic) bond motifs is 4. The van der Waals surface area contributed by atoms with Crippen LogP contribution in [0.3, 0.4) is 0 Å². The van der Waals surface area contributed by atoms with Crippen molar-refractivity contribution in [1.29, 1.82) is 0 Å². The third-order valence-electron chi connectivity index (χ3n) is 12.0. The van der Waals surface area contributed by atoms with Gasteiger partial charge in [0.2, 0.25) is 0 Å². The molecule has 0 saturated heterocycles. The first-order valence-corrected chi connectivity index (χ1v) is 30.2. The summed E-state index contributed by atoms with van der Waals surface area (Å²) in [6.07, 6.45) is -0.176. The lowest BCUT2D eigenvalue weighted by atomic mass is 10.1. The summed E-state index contributed by atoms with van der Waals surface area (Å²) in [4.78, 5) is -2.50. The standard InChI is InChI=1S/C50H39N7O18S5/c1-74-33-8-5-30(6-9-33)51-31-7-12-37-29(21-31)23-48(80(71,72)73)49(50(37)58)57-56-46-18-16-44(39-14-11-35(26-42(39)46)78(65,66)67)54-55-45-17-15-43(38-13-10-34(25-41(38)45)77(62,63)64)53-52-32-4-3-28-22-36(79(68,69)70)27-47(40(28)24-32)75-19-2-20-76(59,60)61/h3-18,21-27,51,58H,2,19-20H2,1H3,(H,59,60,61)(H,62,63,64)(H,65,66,67)(H,68,69,70)(H,71,72,73). The second-order valence-corrected chi connectivity index (χ2v) is 24.5. The molecule has 0 spiro atoms. The summed E-state index contributed by atoms with van der Waals surface area (Å²) in [5.41, 5.74) is 0.614. The molecule has 0 aromatic heterocycles. The van der Waals surface area contributed by atoms with Gasteiger partial charge in [-0.15, -0.1) is 25.6 Å². The zero-order valence-electron chi connectivity index (χ0n) is 40.7. The van der Waals surface area contributed by atoms with Crippen molar-refractivity contribution >= 4 is 139 Å². The third-order valence-corrected chi connectivity index (χ3v) is 16.2. The van der Waals surface area contributed by atoms with Gasteiger partial charge in [-0.25, -0.2) is 0 Å². The second kappa shape index (κ2) is 21.7. The number of hydrogen-bond acceptors (Lipinski definition) is 20. The maximum absolute atomic E-state index is 12.8. The number of benzene rings is 9. The zero-order valence-corrected chi connectivity index (χ0v) is 44.8. The minimum atomic E-state index is -5.10. The summed E-state index contributed by atoms with van der Waals surface area (Å²) in [6.45, 7) is -0.283. The number of aromatic hydroxyl groups is 1. The normalized spacial score (nSPS) is 12.9. The maximum atomic E-state index is 12.8. The number of methoxy groups -OCH3 is 1. The van der Waals surface area contributed by atoms with Gasteiger partial charge in [-0.3, -0.25) is 22.8 Å². The average molecular weight is 1190 g/mol. The average Bonchev–Trinajstić information content (AvgIpc) is 3.47. The molecule has 30 heteroatoms. The minimum absolute atomic E-state index is 0.000194. The SMILES string of the molecule is COc1ccc(Nc2ccc3c(O)c(N=Nc4ccc(N=Nc5ccc(N=Nc6ccc7cc(S(=O)(=O)O)cc(OCCCS(=O)(=O)O)c7c6)c6ccc(S(=O)(=O)O)cc56)c5ccc(S(=O)(=O)O)cc45)c(S(=O)(=O)O)cc3c2)cc1. The number of anilines is 2. The fourth-order valence-corrected chi connectivity index (χ4v) is 10.9. The predicted octanol–water partition coefficient (Wildman–Crippen LogP) is 11.6. The summed E-state index contributed by atoms with van der Waals surface area (Å²) in [7, 11) is -22.3. The highest BCUT2D eigenvalue weighted by Gasteiger charge is 2.24. The van der Waals surface area contributed by atoms with E-state index in [-0.39, 0.29) is 90.3 Å². The molecular formula is C50H39N7O18S5.